The summed E-state index contributed by atoms with van der Waals surface area (Å²) in [6, 6.07) is 11.6. The van der Waals surface area contributed by atoms with Gasteiger partial charge in [-0.3, -0.25) is 4.79 Å². The zero-order valence-corrected chi connectivity index (χ0v) is 13.4. The average Bonchev–Trinajstić information content (AvgIpc) is 2.99. The van der Waals surface area contributed by atoms with E-state index in [4.69, 9.17) is 4.42 Å². The second-order valence-corrected chi connectivity index (χ2v) is 5.58. The molecule has 0 N–H and O–H groups in total. The topological polar surface area (TPSA) is 33.5 Å². The Labute approximate surface area is 133 Å². The molecule has 0 aliphatic rings. The summed E-state index contributed by atoms with van der Waals surface area (Å²) >= 11 is 3.48. The molecule has 0 atom stereocenters. The van der Waals surface area contributed by atoms with Gasteiger partial charge in [0.2, 0.25) is 5.91 Å². The summed E-state index contributed by atoms with van der Waals surface area (Å²) in [7, 11) is 0. The summed E-state index contributed by atoms with van der Waals surface area (Å²) in [5.74, 6) is 0.978. The van der Waals surface area contributed by atoms with Crippen LogP contribution >= 0.6 is 15.9 Å². The van der Waals surface area contributed by atoms with Gasteiger partial charge in [0, 0.05) is 24.0 Å². The minimum absolute atomic E-state index is 0.0911. The molecule has 2 rings (SSSR count). The maximum atomic E-state index is 12.4. The van der Waals surface area contributed by atoms with Crippen LogP contribution in [0.4, 0.5) is 0 Å². The number of furan rings is 1. The average molecular weight is 348 g/mol. The molecule has 0 unspecified atom stereocenters. The molecule has 110 valence electrons. The first-order chi connectivity index (χ1) is 10.2. The number of benzene rings is 1. The second-order valence-electron chi connectivity index (χ2n) is 4.73. The molecule has 0 aliphatic heterocycles. The maximum Gasteiger partial charge on any atom is 0.227 e. The fraction of sp³-hybridized carbons (Fsp3) is 0.235. The first-order valence-electron chi connectivity index (χ1n) is 6.85. The third-order valence-electron chi connectivity index (χ3n) is 3.21. The maximum absolute atomic E-state index is 12.4. The molecular formula is C17H18BrNO2. The summed E-state index contributed by atoms with van der Waals surface area (Å²) in [6.07, 6.45) is 4.49. The number of carbonyl (C=O) groups is 1. The molecule has 0 spiro atoms. The highest BCUT2D eigenvalue weighted by molar-refractivity contribution is 9.10. The van der Waals surface area contributed by atoms with Gasteiger partial charge in [0.05, 0.1) is 12.7 Å². The zero-order valence-electron chi connectivity index (χ0n) is 11.8. The molecule has 0 saturated carbocycles. The fourth-order valence-corrected chi connectivity index (χ4v) is 2.52. The second kappa shape index (κ2) is 7.84. The largest absolute Gasteiger partial charge is 0.469 e. The van der Waals surface area contributed by atoms with Gasteiger partial charge in [-0.1, -0.05) is 40.2 Å². The third-order valence-corrected chi connectivity index (χ3v) is 3.98. The van der Waals surface area contributed by atoms with Crippen molar-refractivity contribution in [1.82, 2.24) is 4.90 Å². The molecule has 0 aliphatic carbocycles. The molecule has 3 nitrogen and oxygen atoms in total. The highest BCUT2D eigenvalue weighted by Crippen LogP contribution is 2.17. The van der Waals surface area contributed by atoms with Crippen LogP contribution in [0.15, 0.2) is 64.2 Å². The van der Waals surface area contributed by atoms with Gasteiger partial charge >= 0.3 is 0 Å². The van der Waals surface area contributed by atoms with Crippen molar-refractivity contribution in [2.75, 3.05) is 13.1 Å². The van der Waals surface area contributed by atoms with E-state index in [1.165, 1.54) is 0 Å². The number of nitrogens with zero attached hydrogens (tertiary/aromatic N) is 1. The van der Waals surface area contributed by atoms with E-state index in [1.807, 2.05) is 36.4 Å². The lowest BCUT2D eigenvalue weighted by atomic mass is 10.1. The molecule has 0 fully saturated rings. The number of amides is 1. The van der Waals surface area contributed by atoms with E-state index >= 15 is 0 Å². The van der Waals surface area contributed by atoms with E-state index in [-0.39, 0.29) is 5.91 Å². The highest BCUT2D eigenvalue weighted by Gasteiger charge is 2.14. The highest BCUT2D eigenvalue weighted by atomic mass is 79.9. The molecule has 1 heterocycles. The molecule has 21 heavy (non-hydrogen) atoms. The van der Waals surface area contributed by atoms with E-state index in [9.17, 15) is 4.79 Å². The van der Waals surface area contributed by atoms with Crippen LogP contribution in [0.2, 0.25) is 0 Å². The molecule has 0 saturated heterocycles. The Morgan fingerprint density at radius 1 is 1.29 bits per heavy atom. The summed E-state index contributed by atoms with van der Waals surface area (Å²) < 4.78 is 6.27. The Bertz CT molecular complexity index is 593. The van der Waals surface area contributed by atoms with Crippen LogP contribution in [-0.2, 0) is 17.6 Å². The monoisotopic (exact) mass is 347 g/mol. The van der Waals surface area contributed by atoms with Gasteiger partial charge < -0.3 is 9.32 Å². The van der Waals surface area contributed by atoms with Crippen molar-refractivity contribution in [3.05, 3.63) is 71.1 Å². The lowest BCUT2D eigenvalue weighted by Gasteiger charge is -2.21. The van der Waals surface area contributed by atoms with Crippen LogP contribution in [0.5, 0.6) is 0 Å². The molecule has 1 aromatic carbocycles. The number of hydrogen-bond acceptors (Lipinski definition) is 2. The lowest BCUT2D eigenvalue weighted by molar-refractivity contribution is -0.130. The molecule has 4 heteroatoms. The van der Waals surface area contributed by atoms with Crippen LogP contribution in [0.1, 0.15) is 11.3 Å². The minimum Gasteiger partial charge on any atom is -0.469 e. The van der Waals surface area contributed by atoms with Crippen molar-refractivity contribution in [2.24, 2.45) is 0 Å². The molecule has 0 radical (unpaired) electrons. The van der Waals surface area contributed by atoms with E-state index in [0.29, 0.717) is 25.9 Å². The van der Waals surface area contributed by atoms with Crippen LogP contribution in [0.3, 0.4) is 0 Å². The van der Waals surface area contributed by atoms with E-state index in [1.54, 1.807) is 17.2 Å². The van der Waals surface area contributed by atoms with Crippen molar-refractivity contribution in [3.63, 3.8) is 0 Å². The van der Waals surface area contributed by atoms with Gasteiger partial charge in [0.1, 0.15) is 5.76 Å². The lowest BCUT2D eigenvalue weighted by Crippen LogP contribution is -2.34. The standard InChI is InChI=1S/C17H18BrNO2/c1-2-10-19(11-9-15-7-5-12-21-15)17(20)13-14-6-3-4-8-16(14)18/h2-8,12H,1,9-11,13H2. The Kier molecular flexibility index (Phi) is 5.81. The smallest absolute Gasteiger partial charge is 0.227 e. The molecule has 2 aromatic rings. The van der Waals surface area contributed by atoms with Crippen LogP contribution in [-0.4, -0.2) is 23.9 Å². The molecule has 1 amide bonds. The summed E-state index contributed by atoms with van der Waals surface area (Å²) in [6.45, 7) is 4.90. The van der Waals surface area contributed by atoms with E-state index < -0.39 is 0 Å². The van der Waals surface area contributed by atoms with Crippen LogP contribution in [0, 0.1) is 0 Å². The molecule has 0 bridgehead atoms. The van der Waals surface area contributed by atoms with E-state index in [2.05, 4.69) is 22.5 Å². The molecular weight excluding hydrogens is 330 g/mol. The summed E-state index contributed by atoms with van der Waals surface area (Å²) in [5, 5.41) is 0. The zero-order chi connectivity index (χ0) is 15.1. The minimum atomic E-state index is 0.0911. The normalized spacial score (nSPS) is 10.3. The Morgan fingerprint density at radius 2 is 2.10 bits per heavy atom. The van der Waals surface area contributed by atoms with Crippen LogP contribution < -0.4 is 0 Å². The Balaban J connectivity index is 1.98. The van der Waals surface area contributed by atoms with Gasteiger partial charge in [-0.2, -0.15) is 0 Å². The van der Waals surface area contributed by atoms with Gasteiger partial charge in [0.15, 0.2) is 0 Å². The first-order valence-corrected chi connectivity index (χ1v) is 7.64. The van der Waals surface area contributed by atoms with Crippen molar-refractivity contribution in [1.29, 1.82) is 0 Å². The fourth-order valence-electron chi connectivity index (χ4n) is 2.09. The van der Waals surface area contributed by atoms with Crippen molar-refractivity contribution >= 4 is 21.8 Å². The van der Waals surface area contributed by atoms with Crippen molar-refractivity contribution in [2.45, 2.75) is 12.8 Å². The summed E-state index contributed by atoms with van der Waals surface area (Å²) in [4.78, 5) is 14.2. The van der Waals surface area contributed by atoms with Crippen LogP contribution in [0.25, 0.3) is 0 Å². The first kappa shape index (κ1) is 15.6. The van der Waals surface area contributed by atoms with Gasteiger partial charge in [-0.05, 0) is 23.8 Å². The number of halogens is 1. The van der Waals surface area contributed by atoms with Crippen molar-refractivity contribution < 1.29 is 9.21 Å². The van der Waals surface area contributed by atoms with Crippen molar-refractivity contribution in [3.8, 4) is 0 Å². The van der Waals surface area contributed by atoms with E-state index in [0.717, 1.165) is 15.8 Å². The number of carbonyl (C=O) groups excluding carboxylic acids is 1. The Morgan fingerprint density at radius 3 is 2.76 bits per heavy atom. The quantitative estimate of drug-likeness (QED) is 0.713. The summed E-state index contributed by atoms with van der Waals surface area (Å²) in [5.41, 5.74) is 0.995. The van der Waals surface area contributed by atoms with Gasteiger partial charge in [-0.15, -0.1) is 6.58 Å². The predicted molar refractivity (Wildman–Crippen MR) is 87.0 cm³/mol. The third kappa shape index (κ3) is 4.60. The Hall–Kier alpha value is -1.81. The number of rotatable bonds is 7. The number of hydrogen-bond donors (Lipinski definition) is 0. The van der Waals surface area contributed by atoms with Gasteiger partial charge in [0.25, 0.3) is 0 Å². The molecule has 1 aromatic heterocycles. The predicted octanol–water partition coefficient (Wildman–Crippen LogP) is 3.84. The SMILES string of the molecule is C=CCN(CCc1ccco1)C(=O)Cc1ccccc1Br. The van der Waals surface area contributed by atoms with Gasteiger partial charge in [-0.25, -0.2) is 0 Å².